The Bertz CT molecular complexity index is 787. The fourth-order valence-electron chi connectivity index (χ4n) is 2.34. The SMILES string of the molecule is CCCSc1c(CO)sc2c1c(=O)n(C)c(=O)n2CC(C)C. The molecule has 7 heteroatoms. The number of aliphatic hydroxyl groups excluding tert-OH is 1. The first-order valence-corrected chi connectivity index (χ1v) is 9.21. The van der Waals surface area contributed by atoms with E-state index in [2.05, 4.69) is 6.92 Å². The third kappa shape index (κ3) is 3.02. The monoisotopic (exact) mass is 342 g/mol. The zero-order valence-corrected chi connectivity index (χ0v) is 15.0. The predicted molar refractivity (Wildman–Crippen MR) is 93.1 cm³/mol. The highest BCUT2D eigenvalue weighted by Crippen LogP contribution is 2.36. The molecule has 0 saturated carbocycles. The minimum Gasteiger partial charge on any atom is -0.391 e. The Morgan fingerprint density at radius 1 is 1.32 bits per heavy atom. The second-order valence-corrected chi connectivity index (χ2v) is 7.88. The zero-order chi connectivity index (χ0) is 16.4. The number of rotatable bonds is 6. The van der Waals surface area contributed by atoms with Crippen LogP contribution in [-0.4, -0.2) is 20.0 Å². The first-order chi connectivity index (χ1) is 10.4. The van der Waals surface area contributed by atoms with E-state index < -0.39 is 0 Å². The van der Waals surface area contributed by atoms with Crippen LogP contribution >= 0.6 is 23.1 Å². The van der Waals surface area contributed by atoms with Gasteiger partial charge in [0.05, 0.1) is 12.0 Å². The van der Waals surface area contributed by atoms with Crippen LogP contribution in [0.4, 0.5) is 0 Å². The Labute approximate surface area is 137 Å². The molecule has 1 N–H and O–H groups in total. The number of aliphatic hydroxyl groups is 1. The van der Waals surface area contributed by atoms with Crippen LogP contribution in [0.15, 0.2) is 14.5 Å². The lowest BCUT2D eigenvalue weighted by Gasteiger charge is -2.11. The predicted octanol–water partition coefficient (Wildman–Crippen LogP) is 2.41. The quantitative estimate of drug-likeness (QED) is 0.819. The fraction of sp³-hybridized carbons (Fsp3) is 0.600. The second-order valence-electron chi connectivity index (χ2n) is 5.69. The van der Waals surface area contributed by atoms with Gasteiger partial charge in [0.15, 0.2) is 0 Å². The maximum absolute atomic E-state index is 12.6. The van der Waals surface area contributed by atoms with Crippen molar-refractivity contribution in [2.45, 2.75) is 45.2 Å². The van der Waals surface area contributed by atoms with Gasteiger partial charge in [-0.1, -0.05) is 20.8 Å². The lowest BCUT2D eigenvalue weighted by atomic mass is 10.2. The summed E-state index contributed by atoms with van der Waals surface area (Å²) in [5.41, 5.74) is -0.557. The summed E-state index contributed by atoms with van der Waals surface area (Å²) in [6.45, 7) is 6.61. The lowest BCUT2D eigenvalue weighted by molar-refractivity contribution is 0.283. The maximum atomic E-state index is 12.6. The number of hydrogen-bond acceptors (Lipinski definition) is 5. The van der Waals surface area contributed by atoms with Gasteiger partial charge in [0, 0.05) is 23.4 Å². The van der Waals surface area contributed by atoms with Crippen molar-refractivity contribution in [3.63, 3.8) is 0 Å². The van der Waals surface area contributed by atoms with Gasteiger partial charge in [-0.25, -0.2) is 4.79 Å². The summed E-state index contributed by atoms with van der Waals surface area (Å²) in [4.78, 5) is 27.3. The molecule has 0 amide bonds. The summed E-state index contributed by atoms with van der Waals surface area (Å²) >= 11 is 2.94. The van der Waals surface area contributed by atoms with Crippen LogP contribution < -0.4 is 11.2 Å². The Morgan fingerprint density at radius 2 is 2.00 bits per heavy atom. The van der Waals surface area contributed by atoms with E-state index in [9.17, 15) is 14.7 Å². The third-order valence-electron chi connectivity index (χ3n) is 3.34. The molecule has 0 saturated heterocycles. The smallest absolute Gasteiger partial charge is 0.331 e. The highest BCUT2D eigenvalue weighted by atomic mass is 32.2. The number of fused-ring (bicyclic) bond motifs is 1. The molecule has 0 aromatic carbocycles. The van der Waals surface area contributed by atoms with Crippen molar-refractivity contribution >= 4 is 33.3 Å². The average molecular weight is 342 g/mol. The molecule has 5 nitrogen and oxygen atoms in total. The van der Waals surface area contributed by atoms with Crippen LogP contribution in [0.25, 0.3) is 10.2 Å². The average Bonchev–Trinajstić information content (AvgIpc) is 2.85. The highest BCUT2D eigenvalue weighted by molar-refractivity contribution is 7.99. The molecule has 0 atom stereocenters. The normalized spacial score (nSPS) is 11.7. The largest absolute Gasteiger partial charge is 0.391 e. The van der Waals surface area contributed by atoms with Crippen molar-refractivity contribution < 1.29 is 5.11 Å². The number of nitrogens with zero attached hydrogens (tertiary/aromatic N) is 2. The summed E-state index contributed by atoms with van der Waals surface area (Å²) in [6, 6.07) is 0. The molecule has 122 valence electrons. The van der Waals surface area contributed by atoms with E-state index >= 15 is 0 Å². The minimum atomic E-state index is -0.288. The van der Waals surface area contributed by atoms with Gasteiger partial charge in [-0.2, -0.15) is 0 Å². The van der Waals surface area contributed by atoms with E-state index in [-0.39, 0.29) is 17.9 Å². The summed E-state index contributed by atoms with van der Waals surface area (Å²) in [7, 11) is 1.52. The van der Waals surface area contributed by atoms with E-state index in [4.69, 9.17) is 0 Å². The number of aromatic nitrogens is 2. The van der Waals surface area contributed by atoms with E-state index in [1.807, 2.05) is 13.8 Å². The van der Waals surface area contributed by atoms with Gasteiger partial charge in [-0.15, -0.1) is 23.1 Å². The molecule has 2 aromatic rings. The van der Waals surface area contributed by atoms with E-state index in [1.54, 1.807) is 16.3 Å². The molecular formula is C15H22N2O3S2. The van der Waals surface area contributed by atoms with Crippen molar-refractivity contribution in [2.75, 3.05) is 5.75 Å². The Hall–Kier alpha value is -1.05. The fourth-order valence-corrected chi connectivity index (χ4v) is 4.71. The molecule has 0 bridgehead atoms. The highest BCUT2D eigenvalue weighted by Gasteiger charge is 2.21. The standard InChI is InChI=1S/C15H22N2O3S2/c1-5-6-21-12-10(8-18)22-14-11(12)13(19)16(4)15(20)17(14)7-9(2)3/h9,18H,5-8H2,1-4H3. The van der Waals surface area contributed by atoms with Crippen LogP contribution in [0, 0.1) is 5.92 Å². The molecule has 2 heterocycles. The summed E-state index contributed by atoms with van der Waals surface area (Å²) in [5.74, 6) is 1.18. The van der Waals surface area contributed by atoms with Crippen LogP contribution in [0.1, 0.15) is 32.1 Å². The molecule has 2 aromatic heterocycles. The molecule has 0 unspecified atom stereocenters. The van der Waals surface area contributed by atoms with E-state index in [1.165, 1.54) is 23.0 Å². The second kappa shape index (κ2) is 7.02. The summed E-state index contributed by atoms with van der Waals surface area (Å²) in [5, 5.41) is 10.2. The Balaban J connectivity index is 2.84. The Kier molecular flexibility index (Phi) is 5.52. The van der Waals surface area contributed by atoms with Gasteiger partial charge in [0.25, 0.3) is 5.56 Å². The van der Waals surface area contributed by atoms with E-state index in [0.717, 1.165) is 21.9 Å². The van der Waals surface area contributed by atoms with Gasteiger partial charge in [0.1, 0.15) is 4.83 Å². The van der Waals surface area contributed by atoms with Gasteiger partial charge < -0.3 is 5.11 Å². The molecule has 0 aliphatic rings. The van der Waals surface area contributed by atoms with Crippen molar-refractivity contribution in [3.8, 4) is 0 Å². The number of thiophene rings is 1. The van der Waals surface area contributed by atoms with Gasteiger partial charge in [-0.05, 0) is 18.1 Å². The zero-order valence-electron chi connectivity index (χ0n) is 13.4. The molecule has 22 heavy (non-hydrogen) atoms. The summed E-state index contributed by atoms with van der Waals surface area (Å²) in [6.07, 6.45) is 0.985. The van der Waals surface area contributed by atoms with Crippen LogP contribution in [0.2, 0.25) is 0 Å². The first-order valence-electron chi connectivity index (χ1n) is 7.41. The van der Waals surface area contributed by atoms with Crippen molar-refractivity contribution in [2.24, 2.45) is 13.0 Å². The van der Waals surface area contributed by atoms with Crippen LogP contribution in [0.3, 0.4) is 0 Å². The Morgan fingerprint density at radius 3 is 2.55 bits per heavy atom. The van der Waals surface area contributed by atoms with Crippen molar-refractivity contribution in [1.29, 1.82) is 0 Å². The van der Waals surface area contributed by atoms with E-state index in [0.29, 0.717) is 22.7 Å². The van der Waals surface area contributed by atoms with Crippen molar-refractivity contribution in [1.82, 2.24) is 9.13 Å². The molecule has 0 aliphatic carbocycles. The van der Waals surface area contributed by atoms with Gasteiger partial charge >= 0.3 is 5.69 Å². The maximum Gasteiger partial charge on any atom is 0.331 e. The van der Waals surface area contributed by atoms with Crippen LogP contribution in [0.5, 0.6) is 0 Å². The molecule has 0 radical (unpaired) electrons. The molecule has 0 aliphatic heterocycles. The first kappa shape index (κ1) is 17.3. The van der Waals surface area contributed by atoms with Gasteiger partial charge in [-0.3, -0.25) is 13.9 Å². The number of thioether (sulfide) groups is 1. The van der Waals surface area contributed by atoms with Crippen LogP contribution in [-0.2, 0) is 20.2 Å². The topological polar surface area (TPSA) is 64.2 Å². The third-order valence-corrected chi connectivity index (χ3v) is 6.02. The van der Waals surface area contributed by atoms with Crippen molar-refractivity contribution in [3.05, 3.63) is 25.7 Å². The molecule has 2 rings (SSSR count). The minimum absolute atomic E-state index is 0.107. The molecule has 0 spiro atoms. The molecular weight excluding hydrogens is 320 g/mol. The molecule has 0 fully saturated rings. The number of hydrogen-bond donors (Lipinski definition) is 1. The van der Waals surface area contributed by atoms with Gasteiger partial charge in [0.2, 0.25) is 0 Å². The summed E-state index contributed by atoms with van der Waals surface area (Å²) < 4.78 is 2.84. The lowest BCUT2D eigenvalue weighted by Crippen LogP contribution is -2.38.